The maximum absolute atomic E-state index is 14.1. The Balaban J connectivity index is 3.73. The van der Waals surface area contributed by atoms with E-state index in [9.17, 15) is 30.4 Å². The molecule has 1 aromatic rings. The summed E-state index contributed by atoms with van der Waals surface area (Å²) in [4.78, 5) is 0. The van der Waals surface area contributed by atoms with Crippen LogP contribution in [0.4, 0.5) is 22.0 Å². The normalized spacial score (nSPS) is 14.9. The maximum atomic E-state index is 14.1. The van der Waals surface area contributed by atoms with Crippen LogP contribution in [0.2, 0.25) is 0 Å². The van der Waals surface area contributed by atoms with E-state index in [1.165, 1.54) is 0 Å². The average Bonchev–Trinajstić information content (AvgIpc) is 2.69. The van der Waals surface area contributed by atoms with Gasteiger partial charge in [0, 0.05) is 0 Å². The number of benzene rings is 1. The van der Waals surface area contributed by atoms with Crippen LogP contribution in [0, 0.1) is 0 Å². The zero-order chi connectivity index (χ0) is 23.8. The van der Waals surface area contributed by atoms with Crippen molar-refractivity contribution >= 4 is 16.9 Å². The number of halogens is 5. The van der Waals surface area contributed by atoms with Gasteiger partial charge in [-0.3, -0.25) is 0 Å². The van der Waals surface area contributed by atoms with Crippen molar-refractivity contribution in [1.82, 2.24) is 0 Å². The van der Waals surface area contributed by atoms with E-state index in [0.717, 1.165) is 0 Å². The van der Waals surface area contributed by atoms with Crippen LogP contribution in [-0.2, 0) is 20.3 Å². The number of unbranched alkanes of at least 4 members (excludes halogenated alkanes) is 3. The van der Waals surface area contributed by atoms with Gasteiger partial charge in [0.2, 0.25) is 0 Å². The molecule has 0 unspecified atom stereocenters. The van der Waals surface area contributed by atoms with E-state index in [-0.39, 0.29) is 24.6 Å². The van der Waals surface area contributed by atoms with Crippen molar-refractivity contribution in [3.05, 3.63) is 35.9 Å². The molecule has 0 bridgehead atoms. The van der Waals surface area contributed by atoms with E-state index >= 15 is 0 Å². The van der Waals surface area contributed by atoms with E-state index in [2.05, 4.69) is 0 Å². The molecule has 0 aromatic heterocycles. The van der Waals surface area contributed by atoms with Gasteiger partial charge < -0.3 is 0 Å². The average molecular weight is 493 g/mol. The molecule has 0 heterocycles. The minimum atomic E-state index is -6.25. The third-order valence-electron chi connectivity index (χ3n) is 5.61. The van der Waals surface area contributed by atoms with Gasteiger partial charge in [-0.2, -0.15) is 0 Å². The molecule has 0 radical (unpaired) electrons. The first-order valence-electron chi connectivity index (χ1n) is 10.7. The first-order valence-corrected chi connectivity index (χ1v) is 15.0. The molecular formula is C21H34F5O3PS. The summed E-state index contributed by atoms with van der Waals surface area (Å²) in [6, 6.07) is 8.71. The first-order chi connectivity index (χ1) is 14.3. The van der Waals surface area contributed by atoms with Gasteiger partial charge in [0.05, 0.1) is 0 Å². The van der Waals surface area contributed by atoms with Crippen molar-refractivity contribution in [2.75, 3.05) is 18.5 Å². The summed E-state index contributed by atoms with van der Waals surface area (Å²) in [5, 5.41) is -5.97. The summed E-state index contributed by atoms with van der Waals surface area (Å²) in [6.07, 6.45) is -2.18. The number of hydrogen-bond acceptors (Lipinski definition) is 3. The number of rotatable bonds is 14. The molecule has 3 nitrogen and oxygen atoms in total. The van der Waals surface area contributed by atoms with Gasteiger partial charge >= 0.3 is 183 Å². The standard InChI is InChI=1S/C21H34F5O3PS/c1-4-7-15-30(16-8-5-2,17-9-6-3,18-19-13-11-10-12-14-19)29-31(27,28)21(25,26)20(22,23)24/h10-14H,4-9,15-18H2,1-3H3. The Bertz CT molecular complexity index is 757. The fourth-order valence-corrected chi connectivity index (χ4v) is 13.5. The molecule has 0 fully saturated rings. The molecule has 0 aliphatic heterocycles. The van der Waals surface area contributed by atoms with Crippen molar-refractivity contribution in [2.45, 2.75) is 76.9 Å². The van der Waals surface area contributed by atoms with E-state index in [4.69, 9.17) is 3.97 Å². The summed E-state index contributed by atoms with van der Waals surface area (Å²) in [7, 11) is -6.25. The molecule has 0 amide bonds. The quantitative estimate of drug-likeness (QED) is 0.199. The second-order valence-electron chi connectivity index (χ2n) is 8.28. The Kier molecular flexibility index (Phi) is 9.92. The summed E-state index contributed by atoms with van der Waals surface area (Å²) in [5.74, 6) is 0. The topological polar surface area (TPSA) is 43.4 Å². The Morgan fingerprint density at radius 3 is 1.58 bits per heavy atom. The molecule has 0 aliphatic carbocycles. The monoisotopic (exact) mass is 492 g/mol. The molecule has 0 aliphatic rings. The van der Waals surface area contributed by atoms with Crippen molar-refractivity contribution in [2.24, 2.45) is 0 Å². The van der Waals surface area contributed by atoms with Crippen molar-refractivity contribution in [3.8, 4) is 0 Å². The van der Waals surface area contributed by atoms with Gasteiger partial charge in [0.1, 0.15) is 0 Å². The van der Waals surface area contributed by atoms with Crippen LogP contribution in [0.3, 0.4) is 0 Å². The molecule has 0 saturated heterocycles. The zero-order valence-corrected chi connectivity index (χ0v) is 20.1. The molecule has 0 N–H and O–H groups in total. The summed E-state index contributed by atoms with van der Waals surface area (Å²) in [6.45, 7) is 1.55. The van der Waals surface area contributed by atoms with Crippen LogP contribution < -0.4 is 0 Å². The predicted octanol–water partition coefficient (Wildman–Crippen LogP) is 7.56. The molecule has 182 valence electrons. The van der Waals surface area contributed by atoms with Crippen LogP contribution in [0.15, 0.2) is 30.3 Å². The Morgan fingerprint density at radius 1 is 0.806 bits per heavy atom. The summed E-state index contributed by atoms with van der Waals surface area (Å²) >= 11 is 0. The van der Waals surface area contributed by atoms with Gasteiger partial charge in [0.15, 0.2) is 0 Å². The molecule has 0 spiro atoms. The van der Waals surface area contributed by atoms with Gasteiger partial charge in [-0.05, 0) is 0 Å². The SMILES string of the molecule is CCCCP(CCCC)(CCCC)(Cc1ccccc1)OS(=O)(=O)C(F)(F)C(F)(F)F. The molecular weight excluding hydrogens is 458 g/mol. The Morgan fingerprint density at radius 2 is 1.23 bits per heavy atom. The predicted molar refractivity (Wildman–Crippen MR) is 117 cm³/mol. The third kappa shape index (κ3) is 6.84. The minimum absolute atomic E-state index is 0.0691. The first kappa shape index (κ1) is 28.2. The fraction of sp³-hybridized carbons (Fsp3) is 0.714. The summed E-state index contributed by atoms with van der Waals surface area (Å²) in [5.41, 5.74) is 0.689. The Labute approximate surface area is 182 Å². The van der Waals surface area contributed by atoms with E-state index < -0.39 is 28.4 Å². The molecule has 0 atom stereocenters. The fourth-order valence-electron chi connectivity index (χ4n) is 3.90. The van der Waals surface area contributed by atoms with Gasteiger partial charge in [-0.1, -0.05) is 0 Å². The Hall–Kier alpha value is -0.790. The molecule has 0 saturated carbocycles. The van der Waals surface area contributed by atoms with Gasteiger partial charge in [0.25, 0.3) is 0 Å². The van der Waals surface area contributed by atoms with Crippen LogP contribution in [-0.4, -0.2) is 38.3 Å². The third-order valence-corrected chi connectivity index (χ3v) is 14.4. The second kappa shape index (κ2) is 10.9. The van der Waals surface area contributed by atoms with Gasteiger partial charge in [-0.25, -0.2) is 0 Å². The molecule has 1 aromatic carbocycles. The molecule has 31 heavy (non-hydrogen) atoms. The van der Waals surface area contributed by atoms with Crippen molar-refractivity contribution in [1.29, 1.82) is 0 Å². The van der Waals surface area contributed by atoms with E-state index in [0.29, 0.717) is 44.1 Å². The number of hydrogen-bond donors (Lipinski definition) is 0. The molecule has 10 heteroatoms. The zero-order valence-electron chi connectivity index (χ0n) is 18.4. The van der Waals surface area contributed by atoms with Crippen molar-refractivity contribution in [3.63, 3.8) is 0 Å². The van der Waals surface area contributed by atoms with Gasteiger partial charge in [-0.15, -0.1) is 0 Å². The summed E-state index contributed by atoms with van der Waals surface area (Å²) < 4.78 is 97.7. The number of alkyl halides is 5. The molecule has 1 rings (SSSR count). The van der Waals surface area contributed by atoms with Crippen LogP contribution in [0.1, 0.15) is 64.9 Å². The second-order valence-corrected chi connectivity index (χ2v) is 15.7. The van der Waals surface area contributed by atoms with E-state index in [1.54, 1.807) is 30.3 Å². The van der Waals surface area contributed by atoms with Crippen LogP contribution in [0.5, 0.6) is 0 Å². The van der Waals surface area contributed by atoms with Crippen molar-refractivity contribution < 1.29 is 34.3 Å². The van der Waals surface area contributed by atoms with E-state index in [1.807, 2.05) is 20.8 Å². The van der Waals surface area contributed by atoms with Crippen LogP contribution in [0.25, 0.3) is 0 Å². The van der Waals surface area contributed by atoms with Crippen LogP contribution >= 0.6 is 6.83 Å².